The largest absolute Gasteiger partial charge is 0.453 e. The van der Waals surface area contributed by atoms with Gasteiger partial charge in [-0.3, -0.25) is 0 Å². The third-order valence-electron chi connectivity index (χ3n) is 3.31. The standard InChI is InChI=1S/C14H18N2O2/c1-10-7-8-16(14(17)18-2)9-13(10)11-3-5-12(15)6-4-11/h3-6H,7-9,15H2,1-2H3. The fourth-order valence-electron chi connectivity index (χ4n) is 2.17. The van der Waals surface area contributed by atoms with Gasteiger partial charge in [-0.15, -0.1) is 0 Å². The highest BCUT2D eigenvalue weighted by molar-refractivity contribution is 5.77. The molecule has 4 nitrogen and oxygen atoms in total. The summed E-state index contributed by atoms with van der Waals surface area (Å²) in [5.41, 5.74) is 10.1. The van der Waals surface area contributed by atoms with Crippen molar-refractivity contribution in [3.05, 3.63) is 35.4 Å². The second-order valence-electron chi connectivity index (χ2n) is 4.52. The van der Waals surface area contributed by atoms with Crippen molar-refractivity contribution < 1.29 is 9.53 Å². The molecule has 2 rings (SSSR count). The van der Waals surface area contributed by atoms with E-state index in [1.165, 1.54) is 18.3 Å². The molecule has 1 aliphatic rings. The summed E-state index contributed by atoms with van der Waals surface area (Å²) in [6.07, 6.45) is 0.616. The predicted octanol–water partition coefficient (Wildman–Crippen LogP) is 2.51. The van der Waals surface area contributed by atoms with Gasteiger partial charge in [-0.05, 0) is 36.6 Å². The zero-order chi connectivity index (χ0) is 13.1. The Morgan fingerprint density at radius 2 is 2.00 bits per heavy atom. The number of hydrogen-bond donors (Lipinski definition) is 1. The van der Waals surface area contributed by atoms with Crippen LogP contribution in [0.2, 0.25) is 0 Å². The van der Waals surface area contributed by atoms with E-state index in [2.05, 4.69) is 6.92 Å². The van der Waals surface area contributed by atoms with Crippen LogP contribution >= 0.6 is 0 Å². The first-order valence-corrected chi connectivity index (χ1v) is 5.99. The van der Waals surface area contributed by atoms with E-state index in [0.29, 0.717) is 6.54 Å². The molecule has 0 unspecified atom stereocenters. The van der Waals surface area contributed by atoms with Gasteiger partial charge in [0, 0.05) is 18.8 Å². The predicted molar refractivity (Wildman–Crippen MR) is 72.0 cm³/mol. The number of benzene rings is 1. The molecule has 0 bridgehead atoms. The molecule has 96 valence electrons. The Bertz CT molecular complexity index is 477. The molecule has 1 aromatic carbocycles. The van der Waals surface area contributed by atoms with Gasteiger partial charge in [-0.25, -0.2) is 4.79 Å². The van der Waals surface area contributed by atoms with Crippen LogP contribution in [0.5, 0.6) is 0 Å². The molecular weight excluding hydrogens is 228 g/mol. The first-order chi connectivity index (χ1) is 8.61. The third-order valence-corrected chi connectivity index (χ3v) is 3.31. The van der Waals surface area contributed by atoms with Gasteiger partial charge in [-0.2, -0.15) is 0 Å². The van der Waals surface area contributed by atoms with E-state index >= 15 is 0 Å². The number of rotatable bonds is 1. The van der Waals surface area contributed by atoms with Crippen molar-refractivity contribution in [2.24, 2.45) is 0 Å². The summed E-state index contributed by atoms with van der Waals surface area (Å²) < 4.78 is 4.77. The van der Waals surface area contributed by atoms with Gasteiger partial charge in [0.25, 0.3) is 0 Å². The number of anilines is 1. The lowest BCUT2D eigenvalue weighted by molar-refractivity contribution is 0.128. The molecule has 0 aliphatic carbocycles. The average molecular weight is 246 g/mol. The van der Waals surface area contributed by atoms with Gasteiger partial charge in [0.05, 0.1) is 7.11 Å². The van der Waals surface area contributed by atoms with E-state index in [-0.39, 0.29) is 6.09 Å². The lowest BCUT2D eigenvalue weighted by Crippen LogP contribution is -2.36. The molecule has 2 N–H and O–H groups in total. The lowest BCUT2D eigenvalue weighted by Gasteiger charge is -2.29. The van der Waals surface area contributed by atoms with Crippen LogP contribution in [-0.2, 0) is 4.74 Å². The normalized spacial score (nSPS) is 15.8. The zero-order valence-corrected chi connectivity index (χ0v) is 10.8. The van der Waals surface area contributed by atoms with Crippen molar-refractivity contribution in [2.75, 3.05) is 25.9 Å². The number of amides is 1. The fourth-order valence-corrected chi connectivity index (χ4v) is 2.17. The van der Waals surface area contributed by atoms with E-state index in [0.717, 1.165) is 24.2 Å². The minimum atomic E-state index is -0.268. The summed E-state index contributed by atoms with van der Waals surface area (Å²) in [6.45, 7) is 3.43. The van der Waals surface area contributed by atoms with Crippen LogP contribution in [0.1, 0.15) is 18.9 Å². The number of methoxy groups -OCH3 is 1. The Balaban J connectivity index is 2.25. The summed E-state index contributed by atoms with van der Waals surface area (Å²) in [7, 11) is 1.41. The van der Waals surface area contributed by atoms with Crippen molar-refractivity contribution in [1.29, 1.82) is 0 Å². The number of nitrogens with two attached hydrogens (primary N) is 1. The molecule has 1 aromatic rings. The van der Waals surface area contributed by atoms with Crippen LogP contribution in [0.3, 0.4) is 0 Å². The second kappa shape index (κ2) is 5.12. The molecule has 1 aliphatic heterocycles. The molecule has 0 saturated heterocycles. The maximum absolute atomic E-state index is 11.6. The monoisotopic (exact) mass is 246 g/mol. The number of carbonyl (C=O) groups is 1. The fraction of sp³-hybridized carbons (Fsp3) is 0.357. The minimum Gasteiger partial charge on any atom is -0.453 e. The highest BCUT2D eigenvalue weighted by atomic mass is 16.5. The van der Waals surface area contributed by atoms with Gasteiger partial charge in [0.1, 0.15) is 0 Å². The molecule has 1 amide bonds. The summed E-state index contributed by atoms with van der Waals surface area (Å²) in [5, 5.41) is 0. The van der Waals surface area contributed by atoms with Crippen LogP contribution in [0.4, 0.5) is 10.5 Å². The van der Waals surface area contributed by atoms with E-state index in [1.54, 1.807) is 4.90 Å². The van der Waals surface area contributed by atoms with Crippen LogP contribution in [-0.4, -0.2) is 31.2 Å². The van der Waals surface area contributed by atoms with E-state index in [4.69, 9.17) is 10.5 Å². The lowest BCUT2D eigenvalue weighted by atomic mass is 9.95. The number of ether oxygens (including phenoxy) is 1. The smallest absolute Gasteiger partial charge is 0.409 e. The SMILES string of the molecule is COC(=O)N1CCC(C)=C(c2ccc(N)cc2)C1. The minimum absolute atomic E-state index is 0.268. The molecule has 0 aromatic heterocycles. The Hall–Kier alpha value is -1.97. The summed E-state index contributed by atoms with van der Waals surface area (Å²) >= 11 is 0. The molecule has 0 radical (unpaired) electrons. The highest BCUT2D eigenvalue weighted by Gasteiger charge is 2.22. The van der Waals surface area contributed by atoms with Crippen molar-refractivity contribution in [2.45, 2.75) is 13.3 Å². The molecule has 0 atom stereocenters. The second-order valence-corrected chi connectivity index (χ2v) is 4.52. The number of nitrogen functional groups attached to an aromatic ring is 1. The Labute approximate surface area is 107 Å². The van der Waals surface area contributed by atoms with Gasteiger partial charge in [0.2, 0.25) is 0 Å². The highest BCUT2D eigenvalue weighted by Crippen LogP contribution is 2.27. The molecular formula is C14H18N2O2. The topological polar surface area (TPSA) is 55.6 Å². The number of carbonyl (C=O) groups excluding carboxylic acids is 1. The maximum atomic E-state index is 11.6. The summed E-state index contributed by atoms with van der Waals surface area (Å²) in [4.78, 5) is 13.3. The van der Waals surface area contributed by atoms with E-state index < -0.39 is 0 Å². The van der Waals surface area contributed by atoms with Gasteiger partial charge >= 0.3 is 6.09 Å². The average Bonchev–Trinajstić information content (AvgIpc) is 2.39. The van der Waals surface area contributed by atoms with E-state index in [9.17, 15) is 4.79 Å². The number of nitrogens with zero attached hydrogens (tertiary/aromatic N) is 1. The van der Waals surface area contributed by atoms with Gasteiger partial charge in [-0.1, -0.05) is 17.7 Å². The Morgan fingerprint density at radius 3 is 2.61 bits per heavy atom. The summed E-state index contributed by atoms with van der Waals surface area (Å²) in [5.74, 6) is 0. The van der Waals surface area contributed by atoms with Crippen LogP contribution in [0.25, 0.3) is 5.57 Å². The Morgan fingerprint density at radius 1 is 1.33 bits per heavy atom. The van der Waals surface area contributed by atoms with Crippen molar-refractivity contribution in [3.8, 4) is 0 Å². The first-order valence-electron chi connectivity index (χ1n) is 5.99. The molecule has 1 heterocycles. The quantitative estimate of drug-likeness (QED) is 0.775. The zero-order valence-electron chi connectivity index (χ0n) is 10.8. The van der Waals surface area contributed by atoms with Crippen LogP contribution in [0.15, 0.2) is 29.8 Å². The molecule has 0 saturated carbocycles. The van der Waals surface area contributed by atoms with Crippen molar-refractivity contribution in [3.63, 3.8) is 0 Å². The van der Waals surface area contributed by atoms with Crippen LogP contribution < -0.4 is 5.73 Å². The van der Waals surface area contributed by atoms with Gasteiger partial charge < -0.3 is 15.4 Å². The van der Waals surface area contributed by atoms with Crippen molar-refractivity contribution in [1.82, 2.24) is 4.90 Å². The third kappa shape index (κ3) is 2.47. The molecule has 0 spiro atoms. The molecule has 0 fully saturated rings. The summed E-state index contributed by atoms with van der Waals surface area (Å²) in [6, 6.07) is 7.75. The van der Waals surface area contributed by atoms with Crippen molar-refractivity contribution >= 4 is 17.4 Å². The maximum Gasteiger partial charge on any atom is 0.409 e. The van der Waals surface area contributed by atoms with Crippen LogP contribution in [0, 0.1) is 0 Å². The molecule has 4 heteroatoms. The number of hydrogen-bond acceptors (Lipinski definition) is 3. The Kier molecular flexibility index (Phi) is 3.55. The van der Waals surface area contributed by atoms with Gasteiger partial charge in [0.15, 0.2) is 0 Å². The molecule has 18 heavy (non-hydrogen) atoms. The van der Waals surface area contributed by atoms with E-state index in [1.807, 2.05) is 24.3 Å². The first kappa shape index (κ1) is 12.5.